The summed E-state index contributed by atoms with van der Waals surface area (Å²) in [5, 5.41) is 6.64. The van der Waals surface area contributed by atoms with Crippen LogP contribution in [0.1, 0.15) is 73.6 Å². The number of rotatable bonds is 11. The Morgan fingerprint density at radius 1 is 1.14 bits per heavy atom. The fourth-order valence-electron chi connectivity index (χ4n) is 3.06. The SMILES string of the molecule is CC/C(=C(/C)NC(C)C(CC)CC/C(C)=C/NC)C(F)CC. The van der Waals surface area contributed by atoms with Gasteiger partial charge in [0.2, 0.25) is 0 Å². The molecule has 0 rings (SSSR count). The number of allylic oxidation sites excluding steroid dienone is 3. The molecule has 0 aromatic rings. The Bertz CT molecular complexity index is 360. The van der Waals surface area contributed by atoms with Crippen molar-refractivity contribution < 1.29 is 4.39 Å². The fourth-order valence-corrected chi connectivity index (χ4v) is 3.06. The molecular weight excluding hydrogens is 275 g/mol. The molecule has 0 saturated carbocycles. The van der Waals surface area contributed by atoms with E-state index < -0.39 is 6.17 Å². The maximum absolute atomic E-state index is 14.0. The van der Waals surface area contributed by atoms with Gasteiger partial charge in [-0.2, -0.15) is 0 Å². The molecular formula is C19H37FN2. The van der Waals surface area contributed by atoms with Gasteiger partial charge in [-0.05, 0) is 64.1 Å². The lowest BCUT2D eigenvalue weighted by atomic mass is 9.91. The van der Waals surface area contributed by atoms with E-state index in [0.29, 0.717) is 18.4 Å². The second kappa shape index (κ2) is 11.6. The Labute approximate surface area is 137 Å². The third-order valence-corrected chi connectivity index (χ3v) is 4.57. The minimum atomic E-state index is -0.814. The summed E-state index contributed by atoms with van der Waals surface area (Å²) in [6, 6.07) is 0.373. The second-order valence-electron chi connectivity index (χ2n) is 6.30. The maximum Gasteiger partial charge on any atom is 0.123 e. The van der Waals surface area contributed by atoms with Crippen molar-refractivity contribution in [2.24, 2.45) is 5.92 Å². The first-order valence-corrected chi connectivity index (χ1v) is 8.84. The van der Waals surface area contributed by atoms with Gasteiger partial charge in [0.15, 0.2) is 0 Å². The molecule has 0 aliphatic carbocycles. The summed E-state index contributed by atoms with van der Waals surface area (Å²) in [5.74, 6) is 0.605. The highest BCUT2D eigenvalue weighted by Gasteiger charge is 2.18. The van der Waals surface area contributed by atoms with Crippen molar-refractivity contribution >= 4 is 0 Å². The number of nitrogens with one attached hydrogen (secondary N) is 2. The first-order valence-electron chi connectivity index (χ1n) is 8.84. The molecule has 0 bridgehead atoms. The largest absolute Gasteiger partial charge is 0.394 e. The molecule has 0 aromatic heterocycles. The maximum atomic E-state index is 14.0. The van der Waals surface area contributed by atoms with Crippen LogP contribution in [0.5, 0.6) is 0 Å². The summed E-state index contributed by atoms with van der Waals surface area (Å²) in [4.78, 5) is 0. The lowest BCUT2D eigenvalue weighted by Gasteiger charge is -2.27. The van der Waals surface area contributed by atoms with Crippen LogP contribution >= 0.6 is 0 Å². The van der Waals surface area contributed by atoms with Crippen molar-refractivity contribution in [1.29, 1.82) is 0 Å². The molecule has 0 aliphatic heterocycles. The summed E-state index contributed by atoms with van der Waals surface area (Å²) < 4.78 is 14.0. The minimum absolute atomic E-state index is 0.373. The molecule has 0 saturated heterocycles. The van der Waals surface area contributed by atoms with Crippen LogP contribution < -0.4 is 10.6 Å². The normalized spacial score (nSPS) is 17.5. The van der Waals surface area contributed by atoms with E-state index in [2.05, 4.69) is 37.6 Å². The number of alkyl halides is 1. The predicted molar refractivity (Wildman–Crippen MR) is 96.6 cm³/mol. The van der Waals surface area contributed by atoms with Crippen molar-refractivity contribution in [3.8, 4) is 0 Å². The van der Waals surface area contributed by atoms with Crippen molar-refractivity contribution in [3.63, 3.8) is 0 Å². The Hall–Kier alpha value is -0.990. The van der Waals surface area contributed by atoms with Crippen LogP contribution in [0.15, 0.2) is 23.0 Å². The van der Waals surface area contributed by atoms with E-state index in [0.717, 1.165) is 37.0 Å². The van der Waals surface area contributed by atoms with Crippen LogP contribution in [0.4, 0.5) is 4.39 Å². The highest BCUT2D eigenvalue weighted by Crippen LogP contribution is 2.22. The summed E-state index contributed by atoms with van der Waals surface area (Å²) in [5.41, 5.74) is 3.34. The average molecular weight is 313 g/mol. The standard InChI is InChI=1S/C19H37FN2/c1-8-17(12-11-14(4)13-21-7)15(5)22-16(6)18(9-2)19(20)10-3/h13,15,17,19,21-22H,8-12H2,1-7H3/b14-13+,18-16+. The minimum Gasteiger partial charge on any atom is -0.394 e. The van der Waals surface area contributed by atoms with Gasteiger partial charge in [0.1, 0.15) is 6.17 Å². The Kier molecular flexibility index (Phi) is 11.0. The van der Waals surface area contributed by atoms with E-state index in [9.17, 15) is 4.39 Å². The second-order valence-corrected chi connectivity index (χ2v) is 6.30. The molecule has 22 heavy (non-hydrogen) atoms. The van der Waals surface area contributed by atoms with Gasteiger partial charge in [0.25, 0.3) is 0 Å². The molecule has 3 atom stereocenters. The van der Waals surface area contributed by atoms with E-state index in [4.69, 9.17) is 0 Å². The lowest BCUT2D eigenvalue weighted by molar-refractivity contribution is 0.343. The molecule has 0 fully saturated rings. The smallest absolute Gasteiger partial charge is 0.123 e. The molecule has 0 radical (unpaired) electrons. The monoisotopic (exact) mass is 312 g/mol. The molecule has 0 heterocycles. The number of halogens is 1. The van der Waals surface area contributed by atoms with Gasteiger partial charge in [0.05, 0.1) is 0 Å². The van der Waals surface area contributed by atoms with E-state index >= 15 is 0 Å². The molecule has 2 N–H and O–H groups in total. The first kappa shape index (κ1) is 21.0. The van der Waals surface area contributed by atoms with Crippen molar-refractivity contribution in [3.05, 3.63) is 23.0 Å². The lowest BCUT2D eigenvalue weighted by Crippen LogP contribution is -2.33. The van der Waals surface area contributed by atoms with Crippen LogP contribution in [0, 0.1) is 5.92 Å². The highest BCUT2D eigenvalue weighted by atomic mass is 19.1. The predicted octanol–water partition coefficient (Wildman–Crippen LogP) is 5.33. The van der Waals surface area contributed by atoms with Gasteiger partial charge in [-0.15, -0.1) is 0 Å². The van der Waals surface area contributed by atoms with E-state index in [1.807, 2.05) is 27.8 Å². The fraction of sp³-hybridized carbons (Fsp3) is 0.789. The zero-order chi connectivity index (χ0) is 17.1. The van der Waals surface area contributed by atoms with Gasteiger partial charge in [0, 0.05) is 18.8 Å². The summed E-state index contributed by atoms with van der Waals surface area (Å²) in [7, 11) is 1.94. The molecule has 0 spiro atoms. The number of hydrogen-bond donors (Lipinski definition) is 2. The zero-order valence-electron chi connectivity index (χ0n) is 15.7. The Morgan fingerprint density at radius 2 is 1.77 bits per heavy atom. The topological polar surface area (TPSA) is 24.1 Å². The van der Waals surface area contributed by atoms with Crippen LogP contribution in [0.2, 0.25) is 0 Å². The molecule has 2 nitrogen and oxygen atoms in total. The molecule has 3 unspecified atom stereocenters. The molecule has 130 valence electrons. The van der Waals surface area contributed by atoms with Gasteiger partial charge in [-0.3, -0.25) is 0 Å². The van der Waals surface area contributed by atoms with Crippen LogP contribution in [0.3, 0.4) is 0 Å². The van der Waals surface area contributed by atoms with E-state index in [1.165, 1.54) is 5.57 Å². The van der Waals surface area contributed by atoms with E-state index in [1.54, 1.807) is 0 Å². The van der Waals surface area contributed by atoms with Crippen molar-refractivity contribution in [2.75, 3.05) is 7.05 Å². The average Bonchev–Trinajstić information content (AvgIpc) is 2.48. The highest BCUT2D eigenvalue weighted by molar-refractivity contribution is 5.15. The van der Waals surface area contributed by atoms with Crippen LogP contribution in [-0.2, 0) is 0 Å². The van der Waals surface area contributed by atoms with E-state index in [-0.39, 0.29) is 0 Å². The molecule has 0 aliphatic rings. The Balaban J connectivity index is 4.73. The third-order valence-electron chi connectivity index (χ3n) is 4.57. The first-order chi connectivity index (χ1) is 10.4. The Morgan fingerprint density at radius 3 is 2.23 bits per heavy atom. The molecule has 0 amide bonds. The van der Waals surface area contributed by atoms with Gasteiger partial charge < -0.3 is 10.6 Å². The summed E-state index contributed by atoms with van der Waals surface area (Å²) in [6.45, 7) is 12.6. The van der Waals surface area contributed by atoms with Crippen molar-refractivity contribution in [2.45, 2.75) is 85.9 Å². The quantitative estimate of drug-likeness (QED) is 0.539. The zero-order valence-corrected chi connectivity index (χ0v) is 15.7. The summed E-state index contributed by atoms with van der Waals surface area (Å²) >= 11 is 0. The van der Waals surface area contributed by atoms with Crippen LogP contribution in [0.25, 0.3) is 0 Å². The summed E-state index contributed by atoms with van der Waals surface area (Å²) in [6.07, 6.45) is 6.00. The van der Waals surface area contributed by atoms with Crippen molar-refractivity contribution in [1.82, 2.24) is 10.6 Å². The van der Waals surface area contributed by atoms with Gasteiger partial charge in [-0.25, -0.2) is 4.39 Å². The third kappa shape index (κ3) is 7.33. The van der Waals surface area contributed by atoms with Crippen LogP contribution in [-0.4, -0.2) is 19.3 Å². The van der Waals surface area contributed by atoms with Gasteiger partial charge in [-0.1, -0.05) is 32.8 Å². The van der Waals surface area contributed by atoms with Gasteiger partial charge >= 0.3 is 0 Å². The number of hydrogen-bond acceptors (Lipinski definition) is 2. The molecule has 0 aromatic carbocycles. The molecule has 3 heteroatoms.